The second kappa shape index (κ2) is 25.8. The van der Waals surface area contributed by atoms with E-state index in [0.717, 1.165) is 37.4 Å². The molecule has 394 valence electrons. The molecule has 2 saturated heterocycles. The highest BCUT2D eigenvalue weighted by Crippen LogP contribution is 2.37. The van der Waals surface area contributed by atoms with Crippen LogP contribution in [0.5, 0.6) is 0 Å². The van der Waals surface area contributed by atoms with Gasteiger partial charge in [-0.2, -0.15) is 36.5 Å². The fraction of sp³-hybridized carbons (Fsp3) is 0.426. The smallest absolute Gasteiger partial charge is 0.436 e. The Morgan fingerprint density at radius 3 is 1.49 bits per heavy atom. The lowest BCUT2D eigenvalue weighted by Gasteiger charge is -2.36. The van der Waals surface area contributed by atoms with E-state index in [1.165, 1.54) is 18.7 Å². The molecule has 1 N–H and O–H groups in total. The molecule has 0 atom stereocenters. The third-order valence-corrected chi connectivity index (χ3v) is 13.4. The van der Waals surface area contributed by atoms with E-state index in [1.807, 2.05) is 67.7 Å². The van der Waals surface area contributed by atoms with E-state index in [-0.39, 0.29) is 73.9 Å². The van der Waals surface area contributed by atoms with Gasteiger partial charge in [0, 0.05) is 87.4 Å². The number of rotatable bonds is 12. The van der Waals surface area contributed by atoms with Crippen LogP contribution < -0.4 is 15.1 Å². The zero-order chi connectivity index (χ0) is 51.1. The van der Waals surface area contributed by atoms with Crippen LogP contribution in [-0.4, -0.2) is 119 Å². The fourth-order valence-electron chi connectivity index (χ4n) is 7.72. The van der Waals surface area contributed by atoms with E-state index < -0.39 is 39.9 Å². The number of carbonyl (C=O) groups excluding carboxylic acids is 3. The van der Waals surface area contributed by atoms with Crippen molar-refractivity contribution in [1.29, 1.82) is 0 Å². The van der Waals surface area contributed by atoms with E-state index >= 15 is 0 Å². The average molecular weight is 1160 g/mol. The van der Waals surface area contributed by atoms with Crippen LogP contribution in [0, 0.1) is 13.8 Å². The van der Waals surface area contributed by atoms with Gasteiger partial charge >= 0.3 is 18.4 Å². The molecule has 3 amide bonds. The van der Waals surface area contributed by atoms with Crippen LogP contribution >= 0.6 is 63.4 Å². The lowest BCUT2D eigenvalue weighted by atomic mass is 10.1. The molecule has 0 bridgehead atoms. The number of ether oxygens (including phenoxy) is 1. The second-order valence-electron chi connectivity index (χ2n) is 16.5. The summed E-state index contributed by atoms with van der Waals surface area (Å²) in [6.07, 6.45) is -9.84. The van der Waals surface area contributed by atoms with Crippen LogP contribution in [0.1, 0.15) is 46.9 Å². The normalized spacial score (nSPS) is 14.0. The maximum atomic E-state index is 13.1. The van der Waals surface area contributed by atoms with Gasteiger partial charge in [0.2, 0.25) is 11.8 Å². The highest BCUT2D eigenvalue weighted by molar-refractivity contribution is 8.93. The van der Waals surface area contributed by atoms with Crippen molar-refractivity contribution in [3.8, 4) is 0 Å². The van der Waals surface area contributed by atoms with Gasteiger partial charge in [0.05, 0.1) is 28.0 Å². The zero-order valence-electron chi connectivity index (χ0n) is 38.9. The minimum absolute atomic E-state index is 0. The Morgan fingerprint density at radius 1 is 0.667 bits per heavy atom. The monoisotopic (exact) mass is 1160 g/mol. The number of hydrogen-bond donors (Lipinski definition) is 1. The summed E-state index contributed by atoms with van der Waals surface area (Å²) in [7, 11) is 3.48. The summed E-state index contributed by atoms with van der Waals surface area (Å²) in [6, 6.07) is 20.7. The Labute approximate surface area is 444 Å². The van der Waals surface area contributed by atoms with Crippen LogP contribution in [0.4, 0.5) is 42.5 Å². The number of amides is 3. The Hall–Kier alpha value is -4.93. The molecule has 0 radical (unpaired) electrons. The van der Waals surface area contributed by atoms with Crippen molar-refractivity contribution in [1.82, 2.24) is 39.6 Å². The molecule has 5 aromatic rings. The highest BCUT2D eigenvalue weighted by Gasteiger charge is 2.40. The Morgan fingerprint density at radius 2 is 1.08 bits per heavy atom. The van der Waals surface area contributed by atoms with Gasteiger partial charge in [-0.05, 0) is 74.0 Å². The van der Waals surface area contributed by atoms with E-state index in [0.29, 0.717) is 68.9 Å². The molecule has 0 aliphatic carbocycles. The van der Waals surface area contributed by atoms with Crippen molar-refractivity contribution < 1.29 is 45.5 Å². The van der Waals surface area contributed by atoms with E-state index in [2.05, 4.69) is 25.3 Å². The molecule has 2 aliphatic heterocycles. The number of nitrogens with one attached hydrogen (secondary N) is 1. The number of benzene rings is 3. The van der Waals surface area contributed by atoms with Crippen LogP contribution in [-0.2, 0) is 59.5 Å². The molecule has 14 nitrogen and oxygen atoms in total. The third-order valence-electron chi connectivity index (χ3n) is 11.7. The van der Waals surface area contributed by atoms with Gasteiger partial charge in [-0.3, -0.25) is 19.0 Å². The maximum Gasteiger partial charge on any atom is 0.436 e. The SMILES string of the molecule is Br.C.CNCc1cc(N2CCN(C(=O)Cn3nc(C(F)(F)F)c(Cl)c3C)CC2)ccc1Cl.Cc1c(Cl)c(C(F)(F)F)nn1CC(=O)N1CCN(c2ccc(Cl)c(CN(C)C(=O)OCc3ccccc3)c2)CC1. The molecule has 2 aliphatic rings. The van der Waals surface area contributed by atoms with Gasteiger partial charge in [-0.1, -0.05) is 84.2 Å². The van der Waals surface area contributed by atoms with E-state index in [9.17, 15) is 40.7 Å². The summed E-state index contributed by atoms with van der Waals surface area (Å²) in [5.41, 5.74) is 2.35. The van der Waals surface area contributed by atoms with Gasteiger partial charge in [-0.25, -0.2) is 4.79 Å². The molecule has 72 heavy (non-hydrogen) atoms. The first-order chi connectivity index (χ1) is 33.0. The molecule has 0 spiro atoms. The minimum atomic E-state index is -4.70. The number of halogens is 11. The molecule has 0 unspecified atom stereocenters. The molecule has 3 aromatic carbocycles. The number of anilines is 2. The van der Waals surface area contributed by atoms with E-state index in [1.54, 1.807) is 22.9 Å². The summed E-state index contributed by atoms with van der Waals surface area (Å²) in [4.78, 5) is 46.8. The second-order valence-corrected chi connectivity index (χ2v) is 18.1. The van der Waals surface area contributed by atoms with Gasteiger partial charge in [0.25, 0.3) is 0 Å². The predicted molar refractivity (Wildman–Crippen MR) is 272 cm³/mol. The third kappa shape index (κ3) is 15.1. The summed E-state index contributed by atoms with van der Waals surface area (Å²) in [5, 5.41) is 10.3. The Balaban J connectivity index is 0.000000316. The van der Waals surface area contributed by atoms with Crippen molar-refractivity contribution in [3.63, 3.8) is 0 Å². The molecule has 7 rings (SSSR count). The van der Waals surface area contributed by atoms with Crippen LogP contribution in [0.15, 0.2) is 66.7 Å². The van der Waals surface area contributed by atoms with Crippen molar-refractivity contribution in [2.45, 2.75) is 66.4 Å². The van der Waals surface area contributed by atoms with Gasteiger partial charge in [0.15, 0.2) is 11.4 Å². The number of carbonyl (C=O) groups is 3. The maximum absolute atomic E-state index is 13.1. The van der Waals surface area contributed by atoms with Crippen molar-refractivity contribution in [2.24, 2.45) is 0 Å². The Bertz CT molecular complexity index is 2640. The van der Waals surface area contributed by atoms with Crippen LogP contribution in [0.3, 0.4) is 0 Å². The van der Waals surface area contributed by atoms with Crippen molar-refractivity contribution >= 4 is 92.7 Å². The number of alkyl halides is 6. The lowest BCUT2D eigenvalue weighted by molar-refractivity contribution is -0.142. The fourth-order valence-corrected chi connectivity index (χ4v) is 8.56. The summed E-state index contributed by atoms with van der Waals surface area (Å²) >= 11 is 24.2. The molecule has 25 heteroatoms. The first-order valence-corrected chi connectivity index (χ1v) is 23.4. The molecule has 2 fully saturated rings. The molecular formula is C47H55BrCl4F6N10O4. The first kappa shape index (κ1) is 59.6. The van der Waals surface area contributed by atoms with Crippen molar-refractivity contribution in [3.05, 3.63) is 126 Å². The van der Waals surface area contributed by atoms with Crippen LogP contribution in [0.25, 0.3) is 0 Å². The quantitative estimate of drug-likeness (QED) is 0.122. The Kier molecular flexibility index (Phi) is 21.4. The number of hydrogen-bond acceptors (Lipinski definition) is 9. The first-order valence-electron chi connectivity index (χ1n) is 21.8. The largest absolute Gasteiger partial charge is 0.445 e. The predicted octanol–water partition coefficient (Wildman–Crippen LogP) is 10.4. The topological polar surface area (TPSA) is 124 Å². The summed E-state index contributed by atoms with van der Waals surface area (Å²) in [5.74, 6) is -0.638. The van der Waals surface area contributed by atoms with Crippen LogP contribution in [0.2, 0.25) is 20.1 Å². The van der Waals surface area contributed by atoms with E-state index in [4.69, 9.17) is 51.1 Å². The average Bonchev–Trinajstić information content (AvgIpc) is 3.79. The number of nitrogens with zero attached hydrogens (tertiary/aromatic N) is 9. The number of piperazine rings is 2. The zero-order valence-corrected chi connectivity index (χ0v) is 43.6. The lowest BCUT2D eigenvalue weighted by Crippen LogP contribution is -2.49. The molecular weight excluding hydrogens is 1100 g/mol. The molecule has 4 heterocycles. The number of aromatic nitrogens is 4. The van der Waals surface area contributed by atoms with Gasteiger partial charge < -0.3 is 34.6 Å². The standard InChI is InChI=1S/C27H28Cl2F3N5O3.C19H22Cl2F3N5O.CH4.BrH/c1-18-24(29)25(27(30,31)32)33-37(18)16-23(38)36-12-10-35(11-13-36)21-8-9-22(28)20(14-21)15-34(2)26(39)40-17-19-6-4-3-5-7-19;1-12-17(21)18(19(22,23)24)26-29(12)11-16(30)28-7-5-27(6-8-28)14-3-4-15(20)13(9-14)10-25-2;;/h3-9,14H,10-13,15-17H2,1-2H3;3-4,9,25H,5-8,10-11H2,1-2H3;1H4;1H. The summed E-state index contributed by atoms with van der Waals surface area (Å²) < 4.78 is 85.6. The van der Waals surface area contributed by atoms with Crippen molar-refractivity contribution in [2.75, 3.05) is 76.3 Å². The molecule has 2 aromatic heterocycles. The summed E-state index contributed by atoms with van der Waals surface area (Å²) in [6.45, 7) is 7.17. The highest BCUT2D eigenvalue weighted by atomic mass is 79.9. The molecule has 0 saturated carbocycles. The van der Waals surface area contributed by atoms with Gasteiger partial charge in [0.1, 0.15) is 19.7 Å². The minimum Gasteiger partial charge on any atom is -0.445 e. The van der Waals surface area contributed by atoms with Gasteiger partial charge in [-0.15, -0.1) is 17.0 Å².